The maximum absolute atomic E-state index is 12.7. The number of hydrogen-bond donors (Lipinski definition) is 1. The van der Waals surface area contributed by atoms with Gasteiger partial charge in [0.05, 0.1) is 5.56 Å². The van der Waals surface area contributed by atoms with E-state index in [0.29, 0.717) is 17.8 Å². The molecule has 0 saturated heterocycles. The highest BCUT2D eigenvalue weighted by Gasteiger charge is 2.27. The van der Waals surface area contributed by atoms with E-state index < -0.39 is 0 Å². The number of rotatable bonds is 1. The summed E-state index contributed by atoms with van der Waals surface area (Å²) in [6.45, 7) is 4.80. The first-order chi connectivity index (χ1) is 9.56. The second kappa shape index (κ2) is 4.67. The minimum atomic E-state index is 0.00866. The molecule has 0 unspecified atom stereocenters. The van der Waals surface area contributed by atoms with Crippen molar-refractivity contribution in [3.8, 4) is 0 Å². The van der Waals surface area contributed by atoms with Crippen molar-refractivity contribution in [2.45, 2.75) is 20.3 Å². The van der Waals surface area contributed by atoms with Crippen molar-refractivity contribution < 1.29 is 4.79 Å². The monoisotopic (exact) mass is 266 g/mol. The quantitative estimate of drug-likeness (QED) is 0.806. The largest absolute Gasteiger partial charge is 0.398 e. The Labute approximate surface area is 119 Å². The summed E-state index contributed by atoms with van der Waals surface area (Å²) in [5.41, 5.74) is 11.6. The van der Waals surface area contributed by atoms with Gasteiger partial charge in [0, 0.05) is 17.9 Å². The molecule has 1 aliphatic rings. The minimum absolute atomic E-state index is 0.00866. The molecule has 0 aliphatic carbocycles. The van der Waals surface area contributed by atoms with Crippen LogP contribution in [0, 0.1) is 13.8 Å². The molecule has 1 amide bonds. The zero-order valence-electron chi connectivity index (χ0n) is 11.8. The van der Waals surface area contributed by atoms with Crippen LogP contribution in [0.2, 0.25) is 0 Å². The second-order valence-electron chi connectivity index (χ2n) is 5.43. The molecule has 3 rings (SSSR count). The van der Waals surface area contributed by atoms with Crippen molar-refractivity contribution >= 4 is 17.3 Å². The van der Waals surface area contributed by atoms with Gasteiger partial charge in [0.25, 0.3) is 5.91 Å². The van der Waals surface area contributed by atoms with Gasteiger partial charge in [-0.05, 0) is 55.2 Å². The maximum Gasteiger partial charge on any atom is 0.260 e. The van der Waals surface area contributed by atoms with E-state index in [2.05, 4.69) is 18.2 Å². The van der Waals surface area contributed by atoms with Crippen LogP contribution in [-0.4, -0.2) is 12.5 Å². The third-order valence-electron chi connectivity index (χ3n) is 3.76. The Morgan fingerprint density at radius 3 is 2.50 bits per heavy atom. The number of amides is 1. The van der Waals surface area contributed by atoms with Gasteiger partial charge in [0.1, 0.15) is 0 Å². The van der Waals surface area contributed by atoms with Crippen LogP contribution in [0.1, 0.15) is 27.0 Å². The molecule has 102 valence electrons. The highest BCUT2D eigenvalue weighted by molar-refractivity contribution is 6.11. The Bertz CT molecular complexity index is 671. The predicted molar refractivity (Wildman–Crippen MR) is 82.2 cm³/mol. The number of carbonyl (C=O) groups excluding carboxylic acids is 1. The van der Waals surface area contributed by atoms with Gasteiger partial charge in [0.2, 0.25) is 0 Å². The summed E-state index contributed by atoms with van der Waals surface area (Å²) in [5.74, 6) is 0.00866. The first-order valence-electron chi connectivity index (χ1n) is 6.84. The number of nitrogens with two attached hydrogens (primary N) is 1. The van der Waals surface area contributed by atoms with E-state index in [9.17, 15) is 4.79 Å². The van der Waals surface area contributed by atoms with E-state index in [0.717, 1.165) is 17.7 Å². The van der Waals surface area contributed by atoms with Crippen LogP contribution in [0.3, 0.4) is 0 Å². The van der Waals surface area contributed by atoms with Gasteiger partial charge in [-0.2, -0.15) is 0 Å². The van der Waals surface area contributed by atoms with E-state index in [-0.39, 0.29) is 5.91 Å². The molecule has 20 heavy (non-hydrogen) atoms. The van der Waals surface area contributed by atoms with Crippen LogP contribution in [-0.2, 0) is 6.42 Å². The molecule has 0 fully saturated rings. The summed E-state index contributed by atoms with van der Waals surface area (Å²) in [5, 5.41) is 0. The maximum atomic E-state index is 12.7. The van der Waals surface area contributed by atoms with Crippen molar-refractivity contribution in [2.24, 2.45) is 0 Å². The summed E-state index contributed by atoms with van der Waals surface area (Å²) in [6, 6.07) is 11.9. The summed E-state index contributed by atoms with van der Waals surface area (Å²) in [6.07, 6.45) is 0.846. The molecule has 2 aromatic carbocycles. The van der Waals surface area contributed by atoms with Crippen molar-refractivity contribution in [1.82, 2.24) is 0 Å². The third kappa shape index (κ3) is 2.05. The Balaban J connectivity index is 2.06. The van der Waals surface area contributed by atoms with Crippen molar-refractivity contribution in [3.63, 3.8) is 0 Å². The van der Waals surface area contributed by atoms with Crippen LogP contribution in [0.25, 0.3) is 0 Å². The van der Waals surface area contributed by atoms with Crippen LogP contribution in [0.5, 0.6) is 0 Å². The fourth-order valence-electron chi connectivity index (χ4n) is 2.91. The summed E-state index contributed by atoms with van der Waals surface area (Å²) in [7, 11) is 0. The normalized spacial score (nSPS) is 14.3. The SMILES string of the molecule is Cc1cc(C)cc(N2CCc3cccc(N)c3C2=O)c1. The minimum Gasteiger partial charge on any atom is -0.398 e. The number of carbonyl (C=O) groups is 1. The highest BCUT2D eigenvalue weighted by Crippen LogP contribution is 2.29. The van der Waals surface area contributed by atoms with E-state index >= 15 is 0 Å². The van der Waals surface area contributed by atoms with Gasteiger partial charge in [-0.3, -0.25) is 4.79 Å². The first kappa shape index (κ1) is 12.7. The standard InChI is InChI=1S/C17H18N2O/c1-11-8-12(2)10-14(9-11)19-7-6-13-4-3-5-15(18)16(13)17(19)20/h3-5,8-10H,6-7,18H2,1-2H3. The number of hydrogen-bond acceptors (Lipinski definition) is 2. The van der Waals surface area contributed by atoms with Gasteiger partial charge in [-0.25, -0.2) is 0 Å². The Kier molecular flexibility index (Phi) is 2.97. The van der Waals surface area contributed by atoms with Crippen LogP contribution >= 0.6 is 0 Å². The molecule has 0 spiro atoms. The van der Waals surface area contributed by atoms with Gasteiger partial charge in [0.15, 0.2) is 0 Å². The topological polar surface area (TPSA) is 46.3 Å². The van der Waals surface area contributed by atoms with Gasteiger partial charge in [-0.1, -0.05) is 18.2 Å². The lowest BCUT2D eigenvalue weighted by atomic mass is 9.96. The second-order valence-corrected chi connectivity index (χ2v) is 5.43. The van der Waals surface area contributed by atoms with Crippen LogP contribution in [0.4, 0.5) is 11.4 Å². The molecule has 3 heteroatoms. The molecule has 0 atom stereocenters. The zero-order chi connectivity index (χ0) is 14.3. The summed E-state index contributed by atoms with van der Waals surface area (Å²) < 4.78 is 0. The molecule has 2 aromatic rings. The Morgan fingerprint density at radius 1 is 1.10 bits per heavy atom. The molecule has 0 bridgehead atoms. The number of aryl methyl sites for hydroxylation is 2. The average molecular weight is 266 g/mol. The highest BCUT2D eigenvalue weighted by atomic mass is 16.2. The lowest BCUT2D eigenvalue weighted by molar-refractivity contribution is 0.0981. The Hall–Kier alpha value is -2.29. The van der Waals surface area contributed by atoms with E-state index in [1.54, 1.807) is 6.07 Å². The number of nitrogen functional groups attached to an aromatic ring is 1. The number of anilines is 2. The molecule has 0 radical (unpaired) electrons. The van der Waals surface area contributed by atoms with Crippen molar-refractivity contribution in [3.05, 3.63) is 58.7 Å². The van der Waals surface area contributed by atoms with Crippen molar-refractivity contribution in [2.75, 3.05) is 17.2 Å². The molecular weight excluding hydrogens is 248 g/mol. The number of benzene rings is 2. The van der Waals surface area contributed by atoms with Crippen molar-refractivity contribution in [1.29, 1.82) is 0 Å². The van der Waals surface area contributed by atoms with Crippen LogP contribution in [0.15, 0.2) is 36.4 Å². The van der Waals surface area contributed by atoms with E-state index in [1.165, 1.54) is 11.1 Å². The first-order valence-corrected chi connectivity index (χ1v) is 6.84. The number of nitrogens with zero attached hydrogens (tertiary/aromatic N) is 1. The average Bonchev–Trinajstić information content (AvgIpc) is 2.37. The lowest BCUT2D eigenvalue weighted by Gasteiger charge is -2.30. The predicted octanol–water partition coefficient (Wildman–Crippen LogP) is 3.09. The smallest absolute Gasteiger partial charge is 0.260 e. The van der Waals surface area contributed by atoms with Gasteiger partial charge >= 0.3 is 0 Å². The molecular formula is C17H18N2O. The van der Waals surface area contributed by atoms with Gasteiger partial charge < -0.3 is 10.6 Å². The lowest BCUT2D eigenvalue weighted by Crippen LogP contribution is -2.38. The van der Waals surface area contributed by atoms with E-state index in [1.807, 2.05) is 30.9 Å². The van der Waals surface area contributed by atoms with Gasteiger partial charge in [-0.15, -0.1) is 0 Å². The fraction of sp³-hybridized carbons (Fsp3) is 0.235. The molecule has 3 nitrogen and oxygen atoms in total. The summed E-state index contributed by atoms with van der Waals surface area (Å²) >= 11 is 0. The molecule has 0 saturated carbocycles. The third-order valence-corrected chi connectivity index (χ3v) is 3.76. The molecule has 0 aromatic heterocycles. The number of fused-ring (bicyclic) bond motifs is 1. The molecule has 1 aliphatic heterocycles. The molecule has 2 N–H and O–H groups in total. The fourth-order valence-corrected chi connectivity index (χ4v) is 2.91. The van der Waals surface area contributed by atoms with E-state index in [4.69, 9.17) is 5.73 Å². The zero-order valence-corrected chi connectivity index (χ0v) is 11.8. The van der Waals surface area contributed by atoms with Crippen LogP contribution < -0.4 is 10.6 Å². The Morgan fingerprint density at radius 2 is 1.80 bits per heavy atom. The molecule has 1 heterocycles. The summed E-state index contributed by atoms with van der Waals surface area (Å²) in [4.78, 5) is 14.5.